The van der Waals surface area contributed by atoms with Crippen LogP contribution in [0.2, 0.25) is 0 Å². The fourth-order valence-corrected chi connectivity index (χ4v) is 1.84. The summed E-state index contributed by atoms with van der Waals surface area (Å²) in [6.45, 7) is 2.87. The fourth-order valence-electron chi connectivity index (χ4n) is 1.84. The van der Waals surface area contributed by atoms with E-state index in [-0.39, 0.29) is 0 Å². The molecule has 2 heterocycles. The monoisotopic (exact) mass is 207 g/mol. The lowest BCUT2D eigenvalue weighted by molar-refractivity contribution is 0.322. The van der Waals surface area contributed by atoms with Crippen LogP contribution < -0.4 is 11.1 Å². The summed E-state index contributed by atoms with van der Waals surface area (Å²) in [6.07, 6.45) is 4.61. The van der Waals surface area contributed by atoms with Crippen LogP contribution in [0, 0.1) is 0 Å². The topological polar surface area (TPSA) is 67.1 Å². The quantitative estimate of drug-likeness (QED) is 0.733. The largest absolute Gasteiger partial charge is 0.372 e. The summed E-state index contributed by atoms with van der Waals surface area (Å²) in [4.78, 5) is 10.9. The van der Waals surface area contributed by atoms with E-state index in [4.69, 9.17) is 5.73 Å². The van der Waals surface area contributed by atoms with Crippen molar-refractivity contribution in [2.75, 3.05) is 25.5 Å². The molecule has 0 aromatic carbocycles. The lowest BCUT2D eigenvalue weighted by Crippen LogP contribution is -2.26. The van der Waals surface area contributed by atoms with E-state index in [1.54, 1.807) is 6.20 Å². The molecule has 1 saturated heterocycles. The van der Waals surface area contributed by atoms with Gasteiger partial charge in [0.1, 0.15) is 5.82 Å². The van der Waals surface area contributed by atoms with Crippen molar-refractivity contribution in [1.29, 1.82) is 0 Å². The lowest BCUT2D eigenvalue weighted by atomic mass is 10.3. The molecule has 0 saturated carbocycles. The highest BCUT2D eigenvalue weighted by Crippen LogP contribution is 2.11. The molecule has 0 radical (unpaired) electrons. The van der Waals surface area contributed by atoms with Gasteiger partial charge in [0.25, 0.3) is 0 Å². The molecule has 5 nitrogen and oxygen atoms in total. The normalized spacial score (nSPS) is 21.9. The number of likely N-dealkylation sites (tertiary alicyclic amines) is 1. The van der Waals surface area contributed by atoms with Crippen molar-refractivity contribution in [2.24, 2.45) is 5.73 Å². The van der Waals surface area contributed by atoms with Gasteiger partial charge < -0.3 is 11.1 Å². The molecule has 2 rings (SSSR count). The van der Waals surface area contributed by atoms with Crippen LogP contribution in [0.3, 0.4) is 0 Å². The summed E-state index contributed by atoms with van der Waals surface area (Å²) in [6, 6.07) is 0.324. The first-order valence-corrected chi connectivity index (χ1v) is 5.24. The van der Waals surface area contributed by atoms with E-state index in [0.717, 1.165) is 37.6 Å². The first-order chi connectivity index (χ1) is 7.28. The summed E-state index contributed by atoms with van der Waals surface area (Å²) < 4.78 is 0. The van der Waals surface area contributed by atoms with Gasteiger partial charge in [-0.1, -0.05) is 0 Å². The average molecular weight is 207 g/mol. The van der Waals surface area contributed by atoms with Gasteiger partial charge in [0.2, 0.25) is 0 Å². The van der Waals surface area contributed by atoms with E-state index in [2.05, 4.69) is 20.2 Å². The van der Waals surface area contributed by atoms with Crippen molar-refractivity contribution in [3.05, 3.63) is 18.1 Å². The molecule has 82 valence electrons. The van der Waals surface area contributed by atoms with Crippen molar-refractivity contribution in [2.45, 2.75) is 19.0 Å². The molecule has 5 heteroatoms. The van der Waals surface area contributed by atoms with Gasteiger partial charge in [0, 0.05) is 38.9 Å². The predicted octanol–water partition coefficient (Wildman–Crippen LogP) is 0.0513. The Morgan fingerprint density at radius 1 is 1.60 bits per heavy atom. The van der Waals surface area contributed by atoms with Crippen LogP contribution in [-0.2, 0) is 6.54 Å². The van der Waals surface area contributed by atoms with Crippen molar-refractivity contribution < 1.29 is 0 Å². The summed E-state index contributed by atoms with van der Waals surface area (Å²) in [5.41, 5.74) is 6.84. The first-order valence-electron chi connectivity index (χ1n) is 5.24. The zero-order chi connectivity index (χ0) is 10.7. The molecule has 1 atom stereocenters. The number of hydrogen-bond acceptors (Lipinski definition) is 5. The van der Waals surface area contributed by atoms with Gasteiger partial charge >= 0.3 is 0 Å². The first kappa shape index (κ1) is 10.3. The van der Waals surface area contributed by atoms with E-state index < -0.39 is 0 Å². The summed E-state index contributed by atoms with van der Waals surface area (Å²) in [5.74, 6) is 0.816. The van der Waals surface area contributed by atoms with Gasteiger partial charge in [-0.15, -0.1) is 0 Å². The van der Waals surface area contributed by atoms with Crippen molar-refractivity contribution in [1.82, 2.24) is 14.9 Å². The Hall–Kier alpha value is -1.20. The maximum atomic E-state index is 5.84. The Labute approximate surface area is 89.7 Å². The van der Waals surface area contributed by atoms with Crippen LogP contribution in [0.15, 0.2) is 12.4 Å². The molecular weight excluding hydrogens is 190 g/mol. The number of nitrogens with two attached hydrogens (primary N) is 1. The number of hydrogen-bond donors (Lipinski definition) is 2. The number of rotatable bonds is 3. The molecule has 0 amide bonds. The highest BCUT2D eigenvalue weighted by atomic mass is 15.2. The molecule has 0 spiro atoms. The van der Waals surface area contributed by atoms with E-state index >= 15 is 0 Å². The van der Waals surface area contributed by atoms with Gasteiger partial charge in [0.15, 0.2) is 0 Å². The Kier molecular flexibility index (Phi) is 3.13. The SMILES string of the molecule is CNc1cncc(CN2CCC(N)C2)n1. The van der Waals surface area contributed by atoms with Gasteiger partial charge in [0.05, 0.1) is 11.9 Å². The van der Waals surface area contributed by atoms with Gasteiger partial charge in [-0.2, -0.15) is 0 Å². The minimum atomic E-state index is 0.324. The van der Waals surface area contributed by atoms with Crippen molar-refractivity contribution >= 4 is 5.82 Å². The zero-order valence-electron chi connectivity index (χ0n) is 8.98. The van der Waals surface area contributed by atoms with Crippen LogP contribution >= 0.6 is 0 Å². The third-order valence-electron chi connectivity index (χ3n) is 2.64. The molecule has 1 aliphatic rings. The van der Waals surface area contributed by atoms with E-state index in [1.807, 2.05) is 13.2 Å². The van der Waals surface area contributed by atoms with Crippen LogP contribution in [0.4, 0.5) is 5.82 Å². The van der Waals surface area contributed by atoms with E-state index in [9.17, 15) is 0 Å². The zero-order valence-corrected chi connectivity index (χ0v) is 8.98. The second kappa shape index (κ2) is 4.55. The Balaban J connectivity index is 1.98. The summed E-state index contributed by atoms with van der Waals surface area (Å²) in [7, 11) is 1.85. The summed E-state index contributed by atoms with van der Waals surface area (Å²) >= 11 is 0. The third-order valence-corrected chi connectivity index (χ3v) is 2.64. The summed E-state index contributed by atoms with van der Waals surface area (Å²) in [5, 5.41) is 2.98. The Morgan fingerprint density at radius 3 is 3.13 bits per heavy atom. The second-order valence-electron chi connectivity index (χ2n) is 3.93. The van der Waals surface area contributed by atoms with E-state index in [1.165, 1.54) is 0 Å². The molecule has 1 fully saturated rings. The highest BCUT2D eigenvalue weighted by Gasteiger charge is 2.19. The number of anilines is 1. The number of nitrogens with one attached hydrogen (secondary N) is 1. The van der Waals surface area contributed by atoms with Crippen LogP contribution in [0.25, 0.3) is 0 Å². The second-order valence-corrected chi connectivity index (χ2v) is 3.93. The standard InChI is InChI=1S/C10H17N5/c1-12-10-5-13-4-9(14-10)7-15-3-2-8(11)6-15/h4-5,8H,2-3,6-7,11H2,1H3,(H,12,14). The molecule has 0 bridgehead atoms. The third kappa shape index (κ3) is 2.64. The molecule has 15 heavy (non-hydrogen) atoms. The Morgan fingerprint density at radius 2 is 2.47 bits per heavy atom. The molecule has 1 aromatic heterocycles. The predicted molar refractivity (Wildman–Crippen MR) is 59.4 cm³/mol. The van der Waals surface area contributed by atoms with Crippen LogP contribution in [0.1, 0.15) is 12.1 Å². The molecule has 0 aliphatic carbocycles. The molecule has 3 N–H and O–H groups in total. The average Bonchev–Trinajstić information content (AvgIpc) is 2.64. The fraction of sp³-hybridized carbons (Fsp3) is 0.600. The molecule has 1 aliphatic heterocycles. The number of nitrogens with zero attached hydrogens (tertiary/aromatic N) is 3. The maximum absolute atomic E-state index is 5.84. The van der Waals surface area contributed by atoms with E-state index in [0.29, 0.717) is 6.04 Å². The Bertz CT molecular complexity index is 327. The van der Waals surface area contributed by atoms with Crippen molar-refractivity contribution in [3.63, 3.8) is 0 Å². The number of aromatic nitrogens is 2. The minimum absolute atomic E-state index is 0.324. The van der Waals surface area contributed by atoms with Gasteiger partial charge in [-0.3, -0.25) is 9.88 Å². The van der Waals surface area contributed by atoms with Crippen molar-refractivity contribution in [3.8, 4) is 0 Å². The van der Waals surface area contributed by atoms with Crippen LogP contribution in [-0.4, -0.2) is 41.0 Å². The molecule has 1 unspecified atom stereocenters. The van der Waals surface area contributed by atoms with Gasteiger partial charge in [-0.05, 0) is 6.42 Å². The van der Waals surface area contributed by atoms with Crippen LogP contribution in [0.5, 0.6) is 0 Å². The lowest BCUT2D eigenvalue weighted by Gasteiger charge is -2.14. The van der Waals surface area contributed by atoms with Gasteiger partial charge in [-0.25, -0.2) is 4.98 Å². The smallest absolute Gasteiger partial charge is 0.144 e. The highest BCUT2D eigenvalue weighted by molar-refractivity contribution is 5.30. The maximum Gasteiger partial charge on any atom is 0.144 e. The molecule has 1 aromatic rings. The minimum Gasteiger partial charge on any atom is -0.372 e. The molecular formula is C10H17N5.